The Morgan fingerprint density at radius 2 is 1.85 bits per heavy atom. The number of fused-ring (bicyclic) bond motifs is 1. The number of non-ortho nitro benzene ring substituents is 1. The second kappa shape index (κ2) is 6.68. The van der Waals surface area contributed by atoms with Gasteiger partial charge >= 0.3 is 0 Å². The molecule has 2 aromatic carbocycles. The molecular formula is C20H17N3O4. The van der Waals surface area contributed by atoms with Crippen molar-refractivity contribution >= 4 is 22.5 Å². The van der Waals surface area contributed by atoms with E-state index in [0.717, 1.165) is 23.8 Å². The smallest absolute Gasteiger partial charge is 0.269 e. The maximum Gasteiger partial charge on any atom is 0.269 e. The summed E-state index contributed by atoms with van der Waals surface area (Å²) in [6, 6.07) is 15.2. The molecule has 4 rings (SSSR count). The van der Waals surface area contributed by atoms with Crippen LogP contribution in [-0.2, 0) is 6.54 Å². The highest BCUT2D eigenvalue weighted by Crippen LogP contribution is 2.30. The third-order valence-electron chi connectivity index (χ3n) is 4.73. The Labute approximate surface area is 154 Å². The molecule has 1 fully saturated rings. The topological polar surface area (TPSA) is 96.3 Å². The van der Waals surface area contributed by atoms with Crippen LogP contribution in [0, 0.1) is 10.1 Å². The number of aromatic nitrogens is 1. The van der Waals surface area contributed by atoms with Crippen LogP contribution >= 0.6 is 0 Å². The summed E-state index contributed by atoms with van der Waals surface area (Å²) in [6.45, 7) is 0.313. The van der Waals surface area contributed by atoms with Crippen LogP contribution in [0.15, 0.2) is 59.4 Å². The summed E-state index contributed by atoms with van der Waals surface area (Å²) in [5.41, 5.74) is 1.19. The van der Waals surface area contributed by atoms with E-state index in [1.807, 2.05) is 18.2 Å². The number of pyridine rings is 1. The number of nitrogens with one attached hydrogen (secondary N) is 1. The first-order chi connectivity index (χ1) is 13.0. The van der Waals surface area contributed by atoms with Gasteiger partial charge in [-0.05, 0) is 35.9 Å². The molecule has 0 bridgehead atoms. The molecule has 1 N–H and O–H groups in total. The second-order valence-corrected chi connectivity index (χ2v) is 6.69. The van der Waals surface area contributed by atoms with E-state index in [2.05, 4.69) is 4.98 Å². The number of hydrogen-bond donors (Lipinski definition) is 1. The van der Waals surface area contributed by atoms with Crippen LogP contribution in [0.2, 0.25) is 0 Å². The van der Waals surface area contributed by atoms with Crippen molar-refractivity contribution in [3.8, 4) is 0 Å². The van der Waals surface area contributed by atoms with Gasteiger partial charge in [-0.1, -0.05) is 30.3 Å². The van der Waals surface area contributed by atoms with Crippen molar-refractivity contribution < 1.29 is 9.72 Å². The predicted octanol–water partition coefficient (Wildman–Crippen LogP) is 3.24. The van der Waals surface area contributed by atoms with E-state index in [1.165, 1.54) is 12.1 Å². The summed E-state index contributed by atoms with van der Waals surface area (Å²) in [5.74, 6) is -0.317. The molecule has 7 heteroatoms. The van der Waals surface area contributed by atoms with Gasteiger partial charge in [-0.15, -0.1) is 0 Å². The number of rotatable bonds is 5. The van der Waals surface area contributed by atoms with Gasteiger partial charge in [0, 0.05) is 30.2 Å². The molecule has 0 unspecified atom stereocenters. The second-order valence-electron chi connectivity index (χ2n) is 6.69. The van der Waals surface area contributed by atoms with Gasteiger partial charge in [0.05, 0.1) is 4.92 Å². The third kappa shape index (κ3) is 3.44. The number of nitro groups is 1. The first-order valence-electron chi connectivity index (χ1n) is 8.69. The Balaban J connectivity index is 1.64. The fourth-order valence-electron chi connectivity index (χ4n) is 3.13. The molecule has 27 heavy (non-hydrogen) atoms. The van der Waals surface area contributed by atoms with Crippen LogP contribution in [-0.4, -0.2) is 26.8 Å². The van der Waals surface area contributed by atoms with Gasteiger partial charge in [0.2, 0.25) is 0 Å². The lowest BCUT2D eigenvalue weighted by molar-refractivity contribution is -0.384. The zero-order valence-electron chi connectivity index (χ0n) is 14.4. The Morgan fingerprint density at radius 3 is 2.52 bits per heavy atom. The zero-order chi connectivity index (χ0) is 19.0. The predicted molar refractivity (Wildman–Crippen MR) is 101 cm³/mol. The fraction of sp³-hybridized carbons (Fsp3) is 0.200. The summed E-state index contributed by atoms with van der Waals surface area (Å²) in [4.78, 5) is 40.3. The first kappa shape index (κ1) is 17.0. The number of aromatic amines is 1. The fourth-order valence-corrected chi connectivity index (χ4v) is 3.13. The maximum absolute atomic E-state index is 13.1. The molecule has 3 aromatic rings. The number of para-hydroxylation sites is 1. The van der Waals surface area contributed by atoms with Crippen LogP contribution in [0.4, 0.5) is 5.69 Å². The normalized spacial score (nSPS) is 13.5. The first-order valence-corrected chi connectivity index (χ1v) is 8.69. The molecule has 136 valence electrons. The van der Waals surface area contributed by atoms with Crippen molar-refractivity contribution in [1.29, 1.82) is 0 Å². The van der Waals surface area contributed by atoms with Gasteiger partial charge < -0.3 is 9.88 Å². The lowest BCUT2D eigenvalue weighted by Gasteiger charge is -2.22. The molecule has 0 spiro atoms. The number of carbonyl (C=O) groups is 1. The molecule has 1 amide bonds. The number of H-pyrrole nitrogens is 1. The number of hydrogen-bond acceptors (Lipinski definition) is 4. The van der Waals surface area contributed by atoms with Crippen LogP contribution in [0.25, 0.3) is 10.9 Å². The van der Waals surface area contributed by atoms with Gasteiger partial charge in [0.15, 0.2) is 0 Å². The van der Waals surface area contributed by atoms with E-state index < -0.39 is 10.5 Å². The molecule has 0 saturated heterocycles. The number of benzene rings is 2. The number of nitro benzene ring substituents is 1. The SMILES string of the molecule is O=C(c1cc2ccccc2[nH]c1=O)N(Cc1ccc([N+](=O)[O-])cc1)C1CC1. The molecule has 1 aliphatic rings. The van der Waals surface area contributed by atoms with Crippen molar-refractivity contribution in [2.75, 3.05) is 0 Å². The van der Waals surface area contributed by atoms with E-state index in [4.69, 9.17) is 0 Å². The van der Waals surface area contributed by atoms with Gasteiger partial charge in [-0.25, -0.2) is 0 Å². The molecule has 1 saturated carbocycles. The van der Waals surface area contributed by atoms with Crippen LogP contribution < -0.4 is 5.56 Å². The minimum absolute atomic E-state index is 0.00835. The summed E-state index contributed by atoms with van der Waals surface area (Å²) >= 11 is 0. The van der Waals surface area contributed by atoms with Gasteiger partial charge in [-0.2, -0.15) is 0 Å². The molecule has 0 atom stereocenters. The maximum atomic E-state index is 13.1. The van der Waals surface area contributed by atoms with Gasteiger partial charge in [0.25, 0.3) is 17.2 Å². The summed E-state index contributed by atoms with van der Waals surface area (Å²) in [6.07, 6.45) is 1.79. The molecule has 1 heterocycles. The quantitative estimate of drug-likeness (QED) is 0.556. The van der Waals surface area contributed by atoms with Crippen molar-refractivity contribution in [1.82, 2.24) is 9.88 Å². The van der Waals surface area contributed by atoms with Gasteiger partial charge in [-0.3, -0.25) is 19.7 Å². The molecular weight excluding hydrogens is 346 g/mol. The van der Waals surface area contributed by atoms with Crippen molar-refractivity contribution in [3.05, 3.63) is 86.2 Å². The lowest BCUT2D eigenvalue weighted by Crippen LogP contribution is -2.36. The van der Waals surface area contributed by atoms with Crippen LogP contribution in [0.5, 0.6) is 0 Å². The Hall–Kier alpha value is -3.48. The van der Waals surface area contributed by atoms with Crippen molar-refractivity contribution in [2.24, 2.45) is 0 Å². The van der Waals surface area contributed by atoms with E-state index >= 15 is 0 Å². The highest BCUT2D eigenvalue weighted by Gasteiger charge is 2.34. The summed E-state index contributed by atoms with van der Waals surface area (Å²) in [5, 5.41) is 11.6. The molecule has 7 nitrogen and oxygen atoms in total. The van der Waals surface area contributed by atoms with Crippen LogP contribution in [0.1, 0.15) is 28.8 Å². The molecule has 0 aliphatic heterocycles. The minimum atomic E-state index is -0.456. The number of amides is 1. The van der Waals surface area contributed by atoms with E-state index in [1.54, 1.807) is 29.2 Å². The lowest BCUT2D eigenvalue weighted by atomic mass is 10.1. The van der Waals surface area contributed by atoms with E-state index in [0.29, 0.717) is 12.1 Å². The minimum Gasteiger partial charge on any atom is -0.331 e. The largest absolute Gasteiger partial charge is 0.331 e. The number of carbonyl (C=O) groups excluding carboxylic acids is 1. The zero-order valence-corrected chi connectivity index (χ0v) is 14.4. The highest BCUT2D eigenvalue weighted by molar-refractivity contribution is 5.97. The average Bonchev–Trinajstić information content (AvgIpc) is 3.50. The Bertz CT molecular complexity index is 1080. The molecule has 0 radical (unpaired) electrons. The van der Waals surface area contributed by atoms with Crippen LogP contribution in [0.3, 0.4) is 0 Å². The van der Waals surface area contributed by atoms with Crippen molar-refractivity contribution in [3.63, 3.8) is 0 Å². The average molecular weight is 363 g/mol. The van der Waals surface area contributed by atoms with E-state index in [-0.39, 0.29) is 23.2 Å². The third-order valence-corrected chi connectivity index (χ3v) is 4.73. The summed E-state index contributed by atoms with van der Waals surface area (Å²) in [7, 11) is 0. The molecule has 1 aromatic heterocycles. The van der Waals surface area contributed by atoms with E-state index in [9.17, 15) is 19.7 Å². The highest BCUT2D eigenvalue weighted by atomic mass is 16.6. The summed E-state index contributed by atoms with van der Waals surface area (Å²) < 4.78 is 0. The number of nitrogens with zero attached hydrogens (tertiary/aromatic N) is 2. The Morgan fingerprint density at radius 1 is 1.15 bits per heavy atom. The van der Waals surface area contributed by atoms with Crippen molar-refractivity contribution in [2.45, 2.75) is 25.4 Å². The monoisotopic (exact) mass is 363 g/mol. The standard InChI is InChI=1S/C20H17N3O4/c24-19-17(11-14-3-1-2-4-18(14)21-19)20(25)22(15-9-10-15)12-13-5-7-16(8-6-13)23(26)27/h1-8,11,15H,9-10,12H2,(H,21,24). The molecule has 1 aliphatic carbocycles. The van der Waals surface area contributed by atoms with Gasteiger partial charge in [0.1, 0.15) is 5.56 Å². The Kier molecular flexibility index (Phi) is 4.19.